The zero-order chi connectivity index (χ0) is 6.91. The predicted molar refractivity (Wildman–Crippen MR) is 37.3 cm³/mol. The zero-order valence-electron chi connectivity index (χ0n) is 6.24. The van der Waals surface area contributed by atoms with Gasteiger partial charge in [-0.2, -0.15) is 0 Å². The number of carbonyl (C=O) groups is 1. The van der Waals surface area contributed by atoms with Crippen LogP contribution < -0.4 is 0 Å². The van der Waals surface area contributed by atoms with Crippen LogP contribution in [0.3, 0.4) is 0 Å². The standard InChI is InChI=1S/C8H14O/c1-3-7(9)6-8(2)4-5-8/h3-6H2,1-2H3. The van der Waals surface area contributed by atoms with Crippen molar-refractivity contribution in [3.8, 4) is 0 Å². The zero-order valence-corrected chi connectivity index (χ0v) is 6.24. The summed E-state index contributed by atoms with van der Waals surface area (Å²) in [5.41, 5.74) is 0.424. The lowest BCUT2D eigenvalue weighted by Gasteiger charge is -2.03. The lowest BCUT2D eigenvalue weighted by Crippen LogP contribution is -2.03. The van der Waals surface area contributed by atoms with Crippen LogP contribution >= 0.6 is 0 Å². The van der Waals surface area contributed by atoms with Crippen molar-refractivity contribution in [3.05, 3.63) is 0 Å². The molecule has 0 unspecified atom stereocenters. The van der Waals surface area contributed by atoms with Crippen molar-refractivity contribution in [1.82, 2.24) is 0 Å². The van der Waals surface area contributed by atoms with Gasteiger partial charge in [0.1, 0.15) is 5.78 Å². The monoisotopic (exact) mass is 126 g/mol. The fourth-order valence-electron chi connectivity index (χ4n) is 0.991. The molecule has 0 radical (unpaired) electrons. The molecule has 1 aliphatic rings. The molecule has 0 N–H and O–H groups in total. The van der Waals surface area contributed by atoms with Crippen molar-refractivity contribution in [2.75, 3.05) is 0 Å². The van der Waals surface area contributed by atoms with Gasteiger partial charge in [0.15, 0.2) is 0 Å². The summed E-state index contributed by atoms with van der Waals surface area (Å²) in [6, 6.07) is 0. The van der Waals surface area contributed by atoms with E-state index in [1.54, 1.807) is 0 Å². The number of ketones is 1. The fraction of sp³-hybridized carbons (Fsp3) is 0.875. The lowest BCUT2D eigenvalue weighted by molar-refractivity contribution is -0.119. The van der Waals surface area contributed by atoms with Gasteiger partial charge in [0, 0.05) is 12.8 Å². The van der Waals surface area contributed by atoms with Crippen LogP contribution in [0.2, 0.25) is 0 Å². The molecule has 0 bridgehead atoms. The summed E-state index contributed by atoms with van der Waals surface area (Å²) in [4.78, 5) is 10.9. The first-order chi connectivity index (χ1) is 4.16. The van der Waals surface area contributed by atoms with E-state index in [1.165, 1.54) is 12.8 Å². The molecule has 1 nitrogen and oxygen atoms in total. The third-order valence-corrected chi connectivity index (χ3v) is 2.12. The molecule has 9 heavy (non-hydrogen) atoms. The van der Waals surface area contributed by atoms with Crippen LogP contribution in [-0.4, -0.2) is 5.78 Å². The average molecular weight is 126 g/mol. The first kappa shape index (κ1) is 6.79. The van der Waals surface area contributed by atoms with Gasteiger partial charge >= 0.3 is 0 Å². The van der Waals surface area contributed by atoms with Crippen LogP contribution in [0.25, 0.3) is 0 Å². The van der Waals surface area contributed by atoms with Gasteiger partial charge in [0.2, 0.25) is 0 Å². The summed E-state index contributed by atoms with van der Waals surface area (Å²) in [6.07, 6.45) is 4.07. The quantitative estimate of drug-likeness (QED) is 0.566. The first-order valence-electron chi connectivity index (χ1n) is 3.68. The van der Waals surface area contributed by atoms with Gasteiger partial charge in [-0.05, 0) is 18.3 Å². The van der Waals surface area contributed by atoms with E-state index < -0.39 is 0 Å². The number of hydrogen-bond donors (Lipinski definition) is 0. The molecular weight excluding hydrogens is 112 g/mol. The van der Waals surface area contributed by atoms with E-state index in [9.17, 15) is 4.79 Å². The third kappa shape index (κ3) is 1.81. The highest BCUT2D eigenvalue weighted by molar-refractivity contribution is 5.79. The summed E-state index contributed by atoms with van der Waals surface area (Å²) in [5, 5.41) is 0. The van der Waals surface area contributed by atoms with E-state index in [0.717, 1.165) is 12.8 Å². The van der Waals surface area contributed by atoms with E-state index in [2.05, 4.69) is 6.92 Å². The number of rotatable bonds is 3. The molecule has 1 fully saturated rings. The molecule has 1 rings (SSSR count). The van der Waals surface area contributed by atoms with Crippen LogP contribution in [0.15, 0.2) is 0 Å². The van der Waals surface area contributed by atoms with Crippen LogP contribution in [0, 0.1) is 5.41 Å². The second kappa shape index (κ2) is 2.13. The molecular formula is C8H14O. The van der Waals surface area contributed by atoms with E-state index in [4.69, 9.17) is 0 Å². The Bertz CT molecular complexity index is 123. The molecule has 0 amide bonds. The van der Waals surface area contributed by atoms with Crippen LogP contribution in [0.5, 0.6) is 0 Å². The second-order valence-electron chi connectivity index (χ2n) is 3.38. The molecule has 0 atom stereocenters. The smallest absolute Gasteiger partial charge is 0.133 e. The SMILES string of the molecule is CCC(=O)CC1(C)CC1. The topological polar surface area (TPSA) is 17.1 Å². The van der Waals surface area contributed by atoms with Crippen molar-refractivity contribution in [1.29, 1.82) is 0 Å². The van der Waals surface area contributed by atoms with Gasteiger partial charge < -0.3 is 0 Å². The summed E-state index contributed by atoms with van der Waals surface area (Å²) < 4.78 is 0. The van der Waals surface area contributed by atoms with E-state index in [1.807, 2.05) is 6.92 Å². The molecule has 0 aliphatic heterocycles. The fourth-order valence-corrected chi connectivity index (χ4v) is 0.991. The molecule has 1 heteroatoms. The summed E-state index contributed by atoms with van der Waals surface area (Å²) in [6.45, 7) is 4.13. The first-order valence-corrected chi connectivity index (χ1v) is 3.68. The molecule has 0 aromatic heterocycles. The van der Waals surface area contributed by atoms with Crippen molar-refractivity contribution < 1.29 is 4.79 Å². The molecule has 0 aromatic rings. The van der Waals surface area contributed by atoms with Crippen molar-refractivity contribution in [2.45, 2.75) is 39.5 Å². The van der Waals surface area contributed by atoms with Gasteiger partial charge in [-0.1, -0.05) is 13.8 Å². The van der Waals surface area contributed by atoms with Crippen molar-refractivity contribution in [2.24, 2.45) is 5.41 Å². The van der Waals surface area contributed by atoms with Gasteiger partial charge in [0.25, 0.3) is 0 Å². The summed E-state index contributed by atoms with van der Waals surface area (Å²) >= 11 is 0. The predicted octanol–water partition coefficient (Wildman–Crippen LogP) is 2.16. The highest BCUT2D eigenvalue weighted by Gasteiger charge is 2.38. The normalized spacial score (nSPS) is 21.6. The molecule has 0 spiro atoms. The largest absolute Gasteiger partial charge is 0.300 e. The van der Waals surface area contributed by atoms with Gasteiger partial charge in [0.05, 0.1) is 0 Å². The van der Waals surface area contributed by atoms with Crippen LogP contribution in [0.1, 0.15) is 39.5 Å². The number of hydrogen-bond acceptors (Lipinski definition) is 1. The Morgan fingerprint density at radius 2 is 2.11 bits per heavy atom. The Morgan fingerprint density at radius 3 is 2.44 bits per heavy atom. The maximum atomic E-state index is 10.9. The molecule has 0 heterocycles. The second-order valence-corrected chi connectivity index (χ2v) is 3.38. The van der Waals surface area contributed by atoms with Crippen molar-refractivity contribution in [3.63, 3.8) is 0 Å². The minimum Gasteiger partial charge on any atom is -0.300 e. The Balaban J connectivity index is 2.25. The number of carbonyl (C=O) groups excluding carboxylic acids is 1. The maximum Gasteiger partial charge on any atom is 0.133 e. The van der Waals surface area contributed by atoms with Gasteiger partial charge in [-0.3, -0.25) is 4.79 Å². The van der Waals surface area contributed by atoms with E-state index in [-0.39, 0.29) is 0 Å². The average Bonchev–Trinajstić information content (AvgIpc) is 2.48. The molecule has 52 valence electrons. The Morgan fingerprint density at radius 1 is 1.56 bits per heavy atom. The van der Waals surface area contributed by atoms with Crippen LogP contribution in [0.4, 0.5) is 0 Å². The van der Waals surface area contributed by atoms with Crippen molar-refractivity contribution >= 4 is 5.78 Å². The molecule has 0 saturated heterocycles. The highest BCUT2D eigenvalue weighted by Crippen LogP contribution is 2.48. The van der Waals surface area contributed by atoms with Crippen LogP contribution in [-0.2, 0) is 4.79 Å². The Labute approximate surface area is 56.4 Å². The summed E-state index contributed by atoms with van der Waals surface area (Å²) in [7, 11) is 0. The Hall–Kier alpha value is -0.330. The van der Waals surface area contributed by atoms with Gasteiger partial charge in [-0.15, -0.1) is 0 Å². The third-order valence-electron chi connectivity index (χ3n) is 2.12. The minimum atomic E-state index is 0.424. The van der Waals surface area contributed by atoms with E-state index in [0.29, 0.717) is 11.2 Å². The summed E-state index contributed by atoms with van der Waals surface area (Å²) in [5.74, 6) is 0.426. The molecule has 0 aromatic carbocycles. The number of Topliss-reactive ketones (excluding diaryl/α,β-unsaturated/α-hetero) is 1. The molecule has 1 aliphatic carbocycles. The van der Waals surface area contributed by atoms with Gasteiger partial charge in [-0.25, -0.2) is 0 Å². The highest BCUT2D eigenvalue weighted by atomic mass is 16.1. The molecule has 1 saturated carbocycles. The minimum absolute atomic E-state index is 0.424. The van der Waals surface area contributed by atoms with E-state index >= 15 is 0 Å². The lowest BCUT2D eigenvalue weighted by atomic mass is 10.0. The maximum absolute atomic E-state index is 10.9. The Kier molecular flexibility index (Phi) is 1.60.